The molecule has 0 bridgehead atoms. The minimum atomic E-state index is -5.10. The van der Waals surface area contributed by atoms with E-state index in [9.17, 15) is 43.7 Å². The Bertz CT molecular complexity index is 1730. The number of nitrogen functional groups attached to an aromatic ring is 1. The van der Waals surface area contributed by atoms with Crippen molar-refractivity contribution in [2.75, 3.05) is 11.1 Å². The molecule has 0 spiro atoms. The van der Waals surface area contributed by atoms with Gasteiger partial charge >= 0.3 is 6.03 Å². The Kier molecular flexibility index (Phi) is 6.55. The first-order valence-corrected chi connectivity index (χ1v) is 13.2. The van der Waals surface area contributed by atoms with Gasteiger partial charge in [-0.2, -0.15) is 25.3 Å². The topological polar surface area (TPSA) is 269 Å². The lowest BCUT2D eigenvalue weighted by Gasteiger charge is -2.10. The molecule has 3 rings (SSSR count). The molecule has 0 heterocycles. The van der Waals surface area contributed by atoms with Gasteiger partial charge in [-0.1, -0.05) is 0 Å². The summed E-state index contributed by atoms with van der Waals surface area (Å²) in [6, 6.07) is 5.52. The van der Waals surface area contributed by atoms with Crippen molar-refractivity contribution < 1.29 is 43.7 Å². The molecule has 3 aromatic rings. The SMILES string of the molecule is NC(=O)Nc1cc(N)ccc1N=Nc1cc2c(S(=O)(=O)O)cc(S(=O)(=O)O)cc2cc1S(=O)(=O)O. The summed E-state index contributed by atoms with van der Waals surface area (Å²) in [6.45, 7) is 0. The van der Waals surface area contributed by atoms with Crippen LogP contribution >= 0.6 is 0 Å². The zero-order chi connectivity index (χ0) is 26.3. The van der Waals surface area contributed by atoms with E-state index in [1.54, 1.807) is 0 Å². The quantitative estimate of drug-likeness (QED) is 0.148. The maximum absolute atomic E-state index is 12.0. The van der Waals surface area contributed by atoms with Gasteiger partial charge in [0.05, 0.1) is 10.6 Å². The van der Waals surface area contributed by atoms with Crippen molar-refractivity contribution in [3.05, 3.63) is 42.5 Å². The van der Waals surface area contributed by atoms with Gasteiger partial charge in [-0.25, -0.2) is 4.79 Å². The van der Waals surface area contributed by atoms with Crippen LogP contribution in [0.2, 0.25) is 0 Å². The number of carbonyl (C=O) groups is 1. The minimum absolute atomic E-state index is 0.0214. The van der Waals surface area contributed by atoms with Crippen LogP contribution in [0.4, 0.5) is 27.5 Å². The molecule has 15 nitrogen and oxygen atoms in total. The van der Waals surface area contributed by atoms with Gasteiger partial charge in [-0.15, -0.1) is 10.2 Å². The highest BCUT2D eigenvalue weighted by Crippen LogP contribution is 2.37. The Morgan fingerprint density at radius 1 is 0.771 bits per heavy atom. The van der Waals surface area contributed by atoms with E-state index in [0.29, 0.717) is 18.2 Å². The molecule has 0 radical (unpaired) electrons. The molecule has 0 aliphatic rings. The molecule has 0 aromatic heterocycles. The molecule has 186 valence electrons. The van der Waals surface area contributed by atoms with E-state index < -0.39 is 67.5 Å². The molecular weight excluding hydrogens is 530 g/mol. The lowest BCUT2D eigenvalue weighted by atomic mass is 10.1. The van der Waals surface area contributed by atoms with Gasteiger partial charge in [0.1, 0.15) is 21.2 Å². The van der Waals surface area contributed by atoms with E-state index in [2.05, 4.69) is 15.5 Å². The minimum Gasteiger partial charge on any atom is -0.399 e. The van der Waals surface area contributed by atoms with Crippen molar-refractivity contribution in [2.24, 2.45) is 16.0 Å². The van der Waals surface area contributed by atoms with E-state index in [4.69, 9.17) is 11.5 Å². The maximum atomic E-state index is 12.0. The average Bonchev–Trinajstić information content (AvgIpc) is 2.69. The summed E-state index contributed by atoms with van der Waals surface area (Å²) in [5.74, 6) is 0. The van der Waals surface area contributed by atoms with E-state index in [-0.39, 0.29) is 17.1 Å². The number of hydrogen-bond donors (Lipinski definition) is 6. The van der Waals surface area contributed by atoms with Gasteiger partial charge in [0.2, 0.25) is 0 Å². The second-order valence-corrected chi connectivity index (χ2v) is 11.1. The highest BCUT2D eigenvalue weighted by molar-refractivity contribution is 7.87. The highest BCUT2D eigenvalue weighted by atomic mass is 32.2. The monoisotopic (exact) mass is 545 g/mol. The Labute approximate surface area is 197 Å². The Morgan fingerprint density at radius 3 is 1.91 bits per heavy atom. The number of primary amides is 1. The summed E-state index contributed by atoms with van der Waals surface area (Å²) in [5, 5.41) is 8.85. The van der Waals surface area contributed by atoms with Crippen LogP contribution in [0.15, 0.2) is 67.4 Å². The zero-order valence-electron chi connectivity index (χ0n) is 17.0. The van der Waals surface area contributed by atoms with E-state index >= 15 is 0 Å². The van der Waals surface area contributed by atoms with Gasteiger partial charge in [0, 0.05) is 11.1 Å². The number of benzene rings is 3. The molecule has 0 saturated heterocycles. The second kappa shape index (κ2) is 8.83. The Balaban J connectivity index is 2.35. The predicted octanol–water partition coefficient (Wildman–Crippen LogP) is 2.07. The van der Waals surface area contributed by atoms with Gasteiger partial charge in [0.15, 0.2) is 0 Å². The van der Waals surface area contributed by atoms with E-state index in [1.807, 2.05) is 0 Å². The first kappa shape index (κ1) is 25.9. The summed E-state index contributed by atoms with van der Waals surface area (Å²) >= 11 is 0. The number of urea groups is 1. The van der Waals surface area contributed by atoms with Crippen molar-refractivity contribution in [1.29, 1.82) is 0 Å². The molecule has 2 amide bonds. The molecule has 0 atom stereocenters. The molecule has 3 aromatic carbocycles. The third-order valence-corrected chi connectivity index (χ3v) is 6.97. The van der Waals surface area contributed by atoms with Crippen LogP contribution in [0.3, 0.4) is 0 Å². The molecule has 18 heteroatoms. The van der Waals surface area contributed by atoms with Crippen LogP contribution in [0.1, 0.15) is 0 Å². The Morgan fingerprint density at radius 2 is 1.37 bits per heavy atom. The van der Waals surface area contributed by atoms with Crippen LogP contribution in [0.5, 0.6) is 0 Å². The summed E-state index contributed by atoms with van der Waals surface area (Å²) in [7, 11) is -15.1. The number of rotatable bonds is 6. The van der Waals surface area contributed by atoms with Gasteiger partial charge < -0.3 is 16.8 Å². The van der Waals surface area contributed by atoms with Crippen molar-refractivity contribution in [3.8, 4) is 0 Å². The normalized spacial score (nSPS) is 12.8. The lowest BCUT2D eigenvalue weighted by Crippen LogP contribution is -2.19. The molecule has 0 unspecified atom stereocenters. The van der Waals surface area contributed by atoms with Crippen molar-refractivity contribution in [3.63, 3.8) is 0 Å². The van der Waals surface area contributed by atoms with Crippen LogP contribution in [-0.4, -0.2) is 44.9 Å². The first-order chi connectivity index (χ1) is 16.0. The summed E-state index contributed by atoms with van der Waals surface area (Å²) < 4.78 is 99.2. The number of hydrogen-bond acceptors (Lipinski definition) is 10. The number of fused-ring (bicyclic) bond motifs is 1. The number of nitrogens with zero attached hydrogens (tertiary/aromatic N) is 2. The van der Waals surface area contributed by atoms with Gasteiger partial charge in [-0.3, -0.25) is 13.7 Å². The highest BCUT2D eigenvalue weighted by Gasteiger charge is 2.24. The van der Waals surface area contributed by atoms with Crippen LogP contribution in [-0.2, 0) is 30.4 Å². The number of azo groups is 1. The third-order valence-electron chi connectivity index (χ3n) is 4.37. The molecule has 8 N–H and O–H groups in total. The molecular formula is C17H15N5O10S3. The van der Waals surface area contributed by atoms with Crippen molar-refractivity contribution in [2.45, 2.75) is 14.7 Å². The largest absolute Gasteiger partial charge is 0.399 e. The van der Waals surface area contributed by atoms with Gasteiger partial charge in [0.25, 0.3) is 30.4 Å². The summed E-state index contributed by atoms with van der Waals surface area (Å²) in [4.78, 5) is 8.30. The average molecular weight is 546 g/mol. The van der Waals surface area contributed by atoms with E-state index in [1.165, 1.54) is 18.2 Å². The number of amides is 2. The molecule has 0 aliphatic heterocycles. The predicted molar refractivity (Wildman–Crippen MR) is 122 cm³/mol. The fourth-order valence-corrected chi connectivity index (χ4v) is 4.94. The second-order valence-electron chi connectivity index (χ2n) is 6.85. The standard InChI is InChI=1S/C17H15N5O10S3/c18-9-1-2-12(13(5-9)20-17(19)23)21-22-14-7-11-8(4-16(14)35(30,31)32)3-10(33(24,25)26)6-15(11)34(27,28)29/h1-7H,18H2,(H3,19,20,23)(H,24,25,26)(H,27,28,29)(H,30,31,32). The fraction of sp³-hybridized carbons (Fsp3) is 0. The summed E-state index contributed by atoms with van der Waals surface area (Å²) in [5.41, 5.74) is 10.2. The van der Waals surface area contributed by atoms with E-state index in [0.717, 1.165) is 6.07 Å². The maximum Gasteiger partial charge on any atom is 0.316 e. The molecule has 35 heavy (non-hydrogen) atoms. The van der Waals surface area contributed by atoms with Crippen LogP contribution < -0.4 is 16.8 Å². The van der Waals surface area contributed by atoms with Crippen molar-refractivity contribution >= 4 is 69.9 Å². The number of nitrogens with two attached hydrogens (primary N) is 2. The number of anilines is 2. The lowest BCUT2D eigenvalue weighted by molar-refractivity contribution is 0.259. The number of carbonyl (C=O) groups excluding carboxylic acids is 1. The molecule has 0 aliphatic carbocycles. The third kappa shape index (κ3) is 5.88. The first-order valence-electron chi connectivity index (χ1n) is 8.89. The summed E-state index contributed by atoms with van der Waals surface area (Å²) in [6.07, 6.45) is 0. The van der Waals surface area contributed by atoms with Crippen LogP contribution in [0.25, 0.3) is 10.8 Å². The van der Waals surface area contributed by atoms with Crippen molar-refractivity contribution in [1.82, 2.24) is 0 Å². The Hall–Kier alpha value is -3.68. The van der Waals surface area contributed by atoms with Gasteiger partial charge in [-0.05, 0) is 47.9 Å². The fourth-order valence-electron chi connectivity index (χ4n) is 2.95. The van der Waals surface area contributed by atoms with Crippen LogP contribution in [0, 0.1) is 0 Å². The number of nitrogens with one attached hydrogen (secondary N) is 1. The molecule has 0 saturated carbocycles. The molecule has 0 fully saturated rings. The smallest absolute Gasteiger partial charge is 0.316 e. The zero-order valence-corrected chi connectivity index (χ0v) is 19.5.